The largest absolute Gasteiger partial charge is 0.352 e. The van der Waals surface area contributed by atoms with Crippen LogP contribution >= 0.6 is 0 Å². The standard InChI is InChI=1S/C18H25FN2O/c19-15-8-6-14(7-9-15)18(10-1-2-11-18)17(22)21-16-5-3-4-13(16)12-20/h6-9,13,16H,1-5,10-12,20H2,(H,21,22). The van der Waals surface area contributed by atoms with Gasteiger partial charge in [0.25, 0.3) is 0 Å². The van der Waals surface area contributed by atoms with Gasteiger partial charge in [-0.1, -0.05) is 31.4 Å². The molecule has 2 fully saturated rings. The van der Waals surface area contributed by atoms with Crippen LogP contribution in [0.3, 0.4) is 0 Å². The summed E-state index contributed by atoms with van der Waals surface area (Å²) >= 11 is 0. The number of halogens is 1. The van der Waals surface area contributed by atoms with Crippen molar-refractivity contribution >= 4 is 5.91 Å². The summed E-state index contributed by atoms with van der Waals surface area (Å²) in [6, 6.07) is 6.67. The Morgan fingerprint density at radius 2 is 1.86 bits per heavy atom. The van der Waals surface area contributed by atoms with E-state index in [1.54, 1.807) is 12.1 Å². The number of nitrogens with two attached hydrogens (primary N) is 1. The van der Waals surface area contributed by atoms with E-state index in [-0.39, 0.29) is 17.8 Å². The van der Waals surface area contributed by atoms with Crippen molar-refractivity contribution in [2.75, 3.05) is 6.54 Å². The predicted octanol–water partition coefficient (Wildman–Crippen LogP) is 2.88. The Morgan fingerprint density at radius 3 is 2.50 bits per heavy atom. The van der Waals surface area contributed by atoms with Gasteiger partial charge in [0, 0.05) is 6.04 Å². The van der Waals surface area contributed by atoms with Gasteiger partial charge in [-0.3, -0.25) is 4.79 Å². The van der Waals surface area contributed by atoms with Crippen LogP contribution in [0.2, 0.25) is 0 Å². The molecular formula is C18H25FN2O. The summed E-state index contributed by atoms with van der Waals surface area (Å²) in [5.74, 6) is 0.258. The van der Waals surface area contributed by atoms with E-state index in [0.29, 0.717) is 12.5 Å². The first-order valence-electron chi connectivity index (χ1n) is 8.43. The lowest BCUT2D eigenvalue weighted by Gasteiger charge is -2.31. The third kappa shape index (κ3) is 2.76. The molecule has 1 aromatic rings. The number of nitrogens with one attached hydrogen (secondary N) is 1. The van der Waals surface area contributed by atoms with E-state index in [0.717, 1.165) is 50.5 Å². The first-order chi connectivity index (χ1) is 10.7. The van der Waals surface area contributed by atoms with Gasteiger partial charge in [0.2, 0.25) is 5.91 Å². The molecular weight excluding hydrogens is 279 g/mol. The lowest BCUT2D eigenvalue weighted by atomic mass is 9.77. The van der Waals surface area contributed by atoms with E-state index in [9.17, 15) is 9.18 Å². The highest BCUT2D eigenvalue weighted by Gasteiger charge is 2.44. The van der Waals surface area contributed by atoms with Crippen LogP contribution in [0.4, 0.5) is 4.39 Å². The maximum atomic E-state index is 13.2. The van der Waals surface area contributed by atoms with Gasteiger partial charge in [-0.2, -0.15) is 0 Å². The summed E-state index contributed by atoms with van der Waals surface area (Å²) < 4.78 is 13.2. The van der Waals surface area contributed by atoms with Crippen molar-refractivity contribution in [1.29, 1.82) is 0 Å². The minimum atomic E-state index is -0.477. The monoisotopic (exact) mass is 304 g/mol. The molecule has 2 saturated carbocycles. The van der Waals surface area contributed by atoms with Gasteiger partial charge in [-0.05, 0) is 55.8 Å². The minimum absolute atomic E-state index is 0.113. The van der Waals surface area contributed by atoms with E-state index >= 15 is 0 Å². The Labute approximate surface area is 131 Å². The molecule has 1 aromatic carbocycles. The van der Waals surface area contributed by atoms with E-state index in [1.165, 1.54) is 12.1 Å². The average Bonchev–Trinajstić information content (AvgIpc) is 3.17. The van der Waals surface area contributed by atoms with E-state index in [4.69, 9.17) is 5.73 Å². The lowest BCUT2D eigenvalue weighted by Crippen LogP contribution is -2.49. The highest BCUT2D eigenvalue weighted by molar-refractivity contribution is 5.88. The van der Waals surface area contributed by atoms with Crippen molar-refractivity contribution in [3.05, 3.63) is 35.6 Å². The summed E-state index contributed by atoms with van der Waals surface area (Å²) in [7, 11) is 0. The number of rotatable bonds is 4. The molecule has 4 heteroatoms. The Balaban J connectivity index is 1.81. The van der Waals surface area contributed by atoms with Crippen LogP contribution in [0.5, 0.6) is 0 Å². The second-order valence-electron chi connectivity index (χ2n) is 6.80. The van der Waals surface area contributed by atoms with E-state index in [1.807, 2.05) is 0 Å². The number of benzene rings is 1. The molecule has 2 aliphatic rings. The maximum absolute atomic E-state index is 13.2. The van der Waals surface area contributed by atoms with Crippen LogP contribution < -0.4 is 11.1 Å². The van der Waals surface area contributed by atoms with Crippen LogP contribution in [0.25, 0.3) is 0 Å². The summed E-state index contributed by atoms with van der Waals surface area (Å²) in [4.78, 5) is 13.0. The first-order valence-corrected chi connectivity index (χ1v) is 8.43. The minimum Gasteiger partial charge on any atom is -0.352 e. The molecule has 0 spiro atoms. The highest BCUT2D eigenvalue weighted by atomic mass is 19.1. The molecule has 3 nitrogen and oxygen atoms in total. The molecule has 0 heterocycles. The van der Waals surface area contributed by atoms with Gasteiger partial charge in [0.1, 0.15) is 5.82 Å². The Hall–Kier alpha value is -1.42. The summed E-state index contributed by atoms with van der Waals surface area (Å²) in [6.45, 7) is 0.633. The van der Waals surface area contributed by atoms with E-state index < -0.39 is 5.41 Å². The Kier molecular flexibility index (Phi) is 4.48. The normalized spacial score (nSPS) is 27.0. The van der Waals surface area contributed by atoms with Crippen molar-refractivity contribution < 1.29 is 9.18 Å². The molecule has 22 heavy (non-hydrogen) atoms. The van der Waals surface area contributed by atoms with Crippen molar-refractivity contribution in [2.45, 2.75) is 56.4 Å². The quantitative estimate of drug-likeness (QED) is 0.898. The zero-order chi connectivity index (χ0) is 15.6. The van der Waals surface area contributed by atoms with Crippen molar-refractivity contribution in [1.82, 2.24) is 5.32 Å². The molecule has 0 saturated heterocycles. The molecule has 1 amide bonds. The first kappa shape index (κ1) is 15.5. The lowest BCUT2D eigenvalue weighted by molar-refractivity contribution is -0.127. The van der Waals surface area contributed by atoms with Crippen LogP contribution in [0.15, 0.2) is 24.3 Å². The summed E-state index contributed by atoms with van der Waals surface area (Å²) in [5, 5.41) is 3.26. The van der Waals surface area contributed by atoms with Gasteiger partial charge in [-0.25, -0.2) is 4.39 Å². The molecule has 2 atom stereocenters. The smallest absolute Gasteiger partial charge is 0.230 e. The molecule has 2 aliphatic carbocycles. The number of carbonyl (C=O) groups excluding carboxylic acids is 1. The molecule has 120 valence electrons. The molecule has 0 aromatic heterocycles. The second-order valence-corrected chi connectivity index (χ2v) is 6.80. The fourth-order valence-corrected chi connectivity index (χ4v) is 4.21. The SMILES string of the molecule is NCC1CCCC1NC(=O)C1(c2ccc(F)cc2)CCCC1. The number of hydrogen-bond donors (Lipinski definition) is 2. The van der Waals surface area contributed by atoms with Gasteiger partial charge < -0.3 is 11.1 Å². The van der Waals surface area contributed by atoms with Crippen LogP contribution in [-0.2, 0) is 10.2 Å². The predicted molar refractivity (Wildman–Crippen MR) is 84.9 cm³/mol. The molecule has 3 rings (SSSR count). The summed E-state index contributed by atoms with van der Waals surface area (Å²) in [5.41, 5.74) is 6.29. The fourth-order valence-electron chi connectivity index (χ4n) is 4.21. The van der Waals surface area contributed by atoms with Crippen LogP contribution in [0, 0.1) is 11.7 Å². The average molecular weight is 304 g/mol. The molecule has 2 unspecified atom stereocenters. The Bertz CT molecular complexity index is 522. The van der Waals surface area contributed by atoms with Crippen molar-refractivity contribution in [3.63, 3.8) is 0 Å². The van der Waals surface area contributed by atoms with E-state index in [2.05, 4.69) is 5.32 Å². The number of amides is 1. The number of hydrogen-bond acceptors (Lipinski definition) is 2. The third-order valence-electron chi connectivity index (χ3n) is 5.57. The topological polar surface area (TPSA) is 55.1 Å². The molecule has 0 radical (unpaired) electrons. The highest BCUT2D eigenvalue weighted by Crippen LogP contribution is 2.42. The third-order valence-corrected chi connectivity index (χ3v) is 5.57. The van der Waals surface area contributed by atoms with Gasteiger partial charge in [0.05, 0.1) is 5.41 Å². The zero-order valence-electron chi connectivity index (χ0n) is 13.0. The molecule has 0 bridgehead atoms. The summed E-state index contributed by atoms with van der Waals surface area (Å²) in [6.07, 6.45) is 7.06. The van der Waals surface area contributed by atoms with Crippen molar-refractivity contribution in [2.24, 2.45) is 11.7 Å². The van der Waals surface area contributed by atoms with Crippen LogP contribution in [0.1, 0.15) is 50.5 Å². The second kappa shape index (κ2) is 6.37. The maximum Gasteiger partial charge on any atom is 0.230 e. The van der Waals surface area contributed by atoms with Crippen molar-refractivity contribution in [3.8, 4) is 0 Å². The Morgan fingerprint density at radius 1 is 1.18 bits per heavy atom. The zero-order valence-corrected chi connectivity index (χ0v) is 13.0. The van der Waals surface area contributed by atoms with Gasteiger partial charge in [-0.15, -0.1) is 0 Å². The fraction of sp³-hybridized carbons (Fsp3) is 0.611. The van der Waals surface area contributed by atoms with Crippen LogP contribution in [-0.4, -0.2) is 18.5 Å². The number of carbonyl (C=O) groups is 1. The molecule has 3 N–H and O–H groups in total. The van der Waals surface area contributed by atoms with Gasteiger partial charge >= 0.3 is 0 Å². The van der Waals surface area contributed by atoms with Gasteiger partial charge in [0.15, 0.2) is 0 Å². The molecule has 0 aliphatic heterocycles.